The average Bonchev–Trinajstić information content (AvgIpc) is 2.96. The van der Waals surface area contributed by atoms with Gasteiger partial charge in [-0.05, 0) is 54.4 Å². The van der Waals surface area contributed by atoms with Gasteiger partial charge in [-0.3, -0.25) is 9.10 Å². The highest BCUT2D eigenvalue weighted by atomic mass is 32.2. The molecule has 0 aliphatic heterocycles. The second-order valence-electron chi connectivity index (χ2n) is 8.64. The van der Waals surface area contributed by atoms with E-state index in [2.05, 4.69) is 15.3 Å². The number of nitrogens with one attached hydrogen (secondary N) is 1. The first-order valence-electron chi connectivity index (χ1n) is 12.0. The molecule has 0 spiro atoms. The molecule has 8 nitrogen and oxygen atoms in total. The Kier molecular flexibility index (Phi) is 8.53. The number of amides is 1. The van der Waals surface area contributed by atoms with E-state index >= 15 is 0 Å². The summed E-state index contributed by atoms with van der Waals surface area (Å²) in [6.07, 6.45) is 1.42. The quantitative estimate of drug-likeness (QED) is 0.184. The van der Waals surface area contributed by atoms with Gasteiger partial charge in [-0.1, -0.05) is 72.3 Å². The minimum absolute atomic E-state index is 0.0250. The molecule has 4 aromatic rings. The van der Waals surface area contributed by atoms with Crippen LogP contribution in [-0.4, -0.2) is 33.6 Å². The number of esters is 1. The first-order chi connectivity index (χ1) is 18.8. The molecule has 39 heavy (non-hydrogen) atoms. The first kappa shape index (κ1) is 27.3. The summed E-state index contributed by atoms with van der Waals surface area (Å²) in [5, 5.41) is 4.02. The maximum Gasteiger partial charge on any atom is 0.337 e. The standard InChI is InChI=1S/C30H27N3O5S/c1-22-12-18-26(19-13-22)39(36,37)33(21-24-8-4-3-5-9-24)28-11-7-6-10-27(28)29(34)32-31-20-23-14-16-25(17-15-23)30(35)38-2/h3-20H,21H2,1-2H3,(H,32,34)/b31-20+. The molecular formula is C30H27N3O5S. The van der Waals surface area contributed by atoms with Gasteiger partial charge in [-0.15, -0.1) is 0 Å². The topological polar surface area (TPSA) is 105 Å². The Bertz CT molecular complexity index is 1580. The number of para-hydroxylation sites is 1. The van der Waals surface area contributed by atoms with Crippen molar-refractivity contribution in [3.63, 3.8) is 0 Å². The zero-order chi connectivity index (χ0) is 27.8. The van der Waals surface area contributed by atoms with Gasteiger partial charge in [0.15, 0.2) is 0 Å². The number of carbonyl (C=O) groups is 2. The summed E-state index contributed by atoms with van der Waals surface area (Å²) in [6.45, 7) is 1.91. The zero-order valence-electron chi connectivity index (χ0n) is 21.4. The van der Waals surface area contributed by atoms with Crippen LogP contribution in [0.2, 0.25) is 0 Å². The Morgan fingerprint density at radius 3 is 2.18 bits per heavy atom. The molecule has 9 heteroatoms. The lowest BCUT2D eigenvalue weighted by atomic mass is 10.1. The van der Waals surface area contributed by atoms with Gasteiger partial charge in [0.05, 0.1) is 41.6 Å². The molecule has 1 N–H and O–H groups in total. The Morgan fingerprint density at radius 2 is 1.51 bits per heavy atom. The van der Waals surface area contributed by atoms with E-state index in [1.54, 1.807) is 72.8 Å². The predicted molar refractivity (Wildman–Crippen MR) is 150 cm³/mol. The van der Waals surface area contributed by atoms with Crippen LogP contribution in [0.1, 0.15) is 37.4 Å². The van der Waals surface area contributed by atoms with Crippen LogP contribution in [0, 0.1) is 6.92 Å². The molecule has 198 valence electrons. The van der Waals surface area contributed by atoms with E-state index in [1.165, 1.54) is 17.6 Å². The zero-order valence-corrected chi connectivity index (χ0v) is 22.3. The van der Waals surface area contributed by atoms with E-state index in [-0.39, 0.29) is 22.7 Å². The number of ether oxygens (including phenoxy) is 1. The van der Waals surface area contributed by atoms with Crippen molar-refractivity contribution in [1.82, 2.24) is 5.43 Å². The van der Waals surface area contributed by atoms with E-state index in [0.29, 0.717) is 11.1 Å². The number of rotatable bonds is 9. The molecule has 0 fully saturated rings. The molecule has 0 unspecified atom stereocenters. The molecule has 0 atom stereocenters. The van der Waals surface area contributed by atoms with Crippen LogP contribution >= 0.6 is 0 Å². The molecule has 0 aromatic heterocycles. The van der Waals surface area contributed by atoms with Crippen molar-refractivity contribution in [1.29, 1.82) is 0 Å². The van der Waals surface area contributed by atoms with Crippen molar-refractivity contribution >= 4 is 33.8 Å². The highest BCUT2D eigenvalue weighted by Gasteiger charge is 2.28. The number of hydrogen-bond donors (Lipinski definition) is 1. The number of carbonyl (C=O) groups excluding carboxylic acids is 2. The largest absolute Gasteiger partial charge is 0.465 e. The van der Waals surface area contributed by atoms with Crippen molar-refractivity contribution in [2.24, 2.45) is 5.10 Å². The van der Waals surface area contributed by atoms with Crippen molar-refractivity contribution in [3.05, 3.63) is 131 Å². The number of hydrogen-bond acceptors (Lipinski definition) is 6. The molecular weight excluding hydrogens is 514 g/mol. The Hall–Kier alpha value is -4.76. The number of sulfonamides is 1. The number of methoxy groups -OCH3 is 1. The second-order valence-corrected chi connectivity index (χ2v) is 10.5. The number of hydrazone groups is 1. The summed E-state index contributed by atoms with van der Waals surface area (Å²) in [7, 11) is -2.72. The molecule has 0 heterocycles. The third-order valence-corrected chi connectivity index (χ3v) is 7.68. The molecule has 0 bridgehead atoms. The van der Waals surface area contributed by atoms with Gasteiger partial charge >= 0.3 is 5.97 Å². The Morgan fingerprint density at radius 1 is 0.872 bits per heavy atom. The summed E-state index contributed by atoms with van der Waals surface area (Å²) >= 11 is 0. The molecule has 0 saturated carbocycles. The molecule has 4 rings (SSSR count). The number of benzene rings is 4. The third kappa shape index (κ3) is 6.58. The van der Waals surface area contributed by atoms with Gasteiger partial charge in [-0.2, -0.15) is 5.10 Å². The Labute approximate surface area is 227 Å². The fraction of sp³-hybridized carbons (Fsp3) is 0.100. The number of nitrogens with zero attached hydrogens (tertiary/aromatic N) is 2. The van der Waals surface area contributed by atoms with E-state index in [9.17, 15) is 18.0 Å². The third-order valence-electron chi connectivity index (χ3n) is 5.91. The van der Waals surface area contributed by atoms with Gasteiger partial charge < -0.3 is 4.74 Å². The van der Waals surface area contributed by atoms with Crippen molar-refractivity contribution < 1.29 is 22.7 Å². The molecule has 4 aromatic carbocycles. The highest BCUT2D eigenvalue weighted by molar-refractivity contribution is 7.92. The fourth-order valence-electron chi connectivity index (χ4n) is 3.82. The Balaban J connectivity index is 1.64. The van der Waals surface area contributed by atoms with Crippen molar-refractivity contribution in [2.75, 3.05) is 11.4 Å². The van der Waals surface area contributed by atoms with E-state index in [4.69, 9.17) is 0 Å². The SMILES string of the molecule is COC(=O)c1ccc(/C=N/NC(=O)c2ccccc2N(Cc2ccccc2)S(=O)(=O)c2ccc(C)cc2)cc1. The predicted octanol–water partition coefficient (Wildman–Crippen LogP) is 4.94. The lowest BCUT2D eigenvalue weighted by molar-refractivity contribution is 0.0600. The average molecular weight is 542 g/mol. The maximum absolute atomic E-state index is 13.9. The number of aryl methyl sites for hydroxylation is 1. The lowest BCUT2D eigenvalue weighted by Crippen LogP contribution is -2.33. The summed E-state index contributed by atoms with van der Waals surface area (Å²) in [4.78, 5) is 24.9. The summed E-state index contributed by atoms with van der Waals surface area (Å²) in [5.74, 6) is -1.03. The lowest BCUT2D eigenvalue weighted by Gasteiger charge is -2.26. The summed E-state index contributed by atoms with van der Waals surface area (Å²) in [5.41, 5.74) is 5.56. The summed E-state index contributed by atoms with van der Waals surface area (Å²) in [6, 6.07) is 28.7. The minimum Gasteiger partial charge on any atom is -0.465 e. The first-order valence-corrected chi connectivity index (χ1v) is 13.5. The minimum atomic E-state index is -4.02. The van der Waals surface area contributed by atoms with Gasteiger partial charge in [0.1, 0.15) is 0 Å². The molecule has 0 saturated heterocycles. The van der Waals surface area contributed by atoms with Crippen LogP contribution in [0.5, 0.6) is 0 Å². The highest BCUT2D eigenvalue weighted by Crippen LogP contribution is 2.29. The van der Waals surface area contributed by atoms with E-state index in [0.717, 1.165) is 11.1 Å². The number of anilines is 1. The van der Waals surface area contributed by atoms with Crippen LogP contribution in [0.25, 0.3) is 0 Å². The molecule has 0 radical (unpaired) electrons. The van der Waals surface area contributed by atoms with Gasteiger partial charge in [0, 0.05) is 0 Å². The van der Waals surface area contributed by atoms with E-state index < -0.39 is 21.9 Å². The van der Waals surface area contributed by atoms with Crippen LogP contribution in [0.4, 0.5) is 5.69 Å². The van der Waals surface area contributed by atoms with Crippen LogP contribution in [0.15, 0.2) is 113 Å². The monoisotopic (exact) mass is 541 g/mol. The maximum atomic E-state index is 13.9. The van der Waals surface area contributed by atoms with Crippen LogP contribution in [-0.2, 0) is 21.3 Å². The smallest absolute Gasteiger partial charge is 0.337 e. The van der Waals surface area contributed by atoms with E-state index in [1.807, 2.05) is 37.3 Å². The second kappa shape index (κ2) is 12.2. The normalized spacial score (nSPS) is 11.2. The summed E-state index contributed by atoms with van der Waals surface area (Å²) < 4.78 is 33.6. The van der Waals surface area contributed by atoms with Crippen LogP contribution in [0.3, 0.4) is 0 Å². The molecule has 0 aliphatic carbocycles. The van der Waals surface area contributed by atoms with Gasteiger partial charge in [0.25, 0.3) is 15.9 Å². The fourth-order valence-corrected chi connectivity index (χ4v) is 5.29. The van der Waals surface area contributed by atoms with Gasteiger partial charge in [0.2, 0.25) is 0 Å². The van der Waals surface area contributed by atoms with Gasteiger partial charge in [-0.25, -0.2) is 18.6 Å². The molecule has 0 aliphatic rings. The van der Waals surface area contributed by atoms with Crippen molar-refractivity contribution in [2.45, 2.75) is 18.4 Å². The van der Waals surface area contributed by atoms with Crippen molar-refractivity contribution in [3.8, 4) is 0 Å². The molecule has 1 amide bonds. The van der Waals surface area contributed by atoms with Crippen LogP contribution < -0.4 is 9.73 Å².